The third-order valence-electron chi connectivity index (χ3n) is 3.94. The first-order valence-corrected chi connectivity index (χ1v) is 8.21. The van der Waals surface area contributed by atoms with Crippen molar-refractivity contribution in [3.63, 3.8) is 0 Å². The number of para-hydroxylation sites is 1. The summed E-state index contributed by atoms with van der Waals surface area (Å²) in [6, 6.07) is 12.3. The molecule has 0 aliphatic heterocycles. The van der Waals surface area contributed by atoms with Crippen LogP contribution in [0.2, 0.25) is 10.0 Å². The van der Waals surface area contributed by atoms with E-state index in [-0.39, 0.29) is 12.2 Å². The van der Waals surface area contributed by atoms with Crippen LogP contribution in [0.1, 0.15) is 5.82 Å². The Morgan fingerprint density at radius 1 is 1.12 bits per heavy atom. The lowest BCUT2D eigenvalue weighted by atomic mass is 10.2. The van der Waals surface area contributed by atoms with Gasteiger partial charge < -0.3 is 4.74 Å². The molecule has 2 aromatic carbocycles. The van der Waals surface area contributed by atoms with Crippen LogP contribution in [-0.4, -0.2) is 19.2 Å². The van der Waals surface area contributed by atoms with Crippen LogP contribution in [0.5, 0.6) is 5.75 Å². The van der Waals surface area contributed by atoms with Crippen LogP contribution in [0.4, 0.5) is 0 Å². The second-order valence-corrected chi connectivity index (χ2v) is 6.34. The van der Waals surface area contributed by atoms with E-state index in [1.54, 1.807) is 35.7 Å². The predicted molar refractivity (Wildman–Crippen MR) is 96.5 cm³/mol. The van der Waals surface area contributed by atoms with E-state index in [9.17, 15) is 4.79 Å². The Labute approximate surface area is 152 Å². The molecule has 2 heterocycles. The molecule has 4 rings (SSSR count). The first-order valence-electron chi connectivity index (χ1n) is 7.46. The Balaban J connectivity index is 1.83. The third kappa shape index (κ3) is 2.63. The Morgan fingerprint density at radius 3 is 2.76 bits per heavy atom. The molecule has 6 nitrogen and oxygen atoms in total. The maximum Gasteiger partial charge on any atom is 0.262 e. The van der Waals surface area contributed by atoms with Crippen molar-refractivity contribution in [2.24, 2.45) is 7.05 Å². The zero-order chi connectivity index (χ0) is 17.6. The first kappa shape index (κ1) is 15.9. The van der Waals surface area contributed by atoms with E-state index >= 15 is 0 Å². The van der Waals surface area contributed by atoms with Crippen molar-refractivity contribution in [3.8, 4) is 5.75 Å². The first-order chi connectivity index (χ1) is 12.1. The number of aryl methyl sites for hydroxylation is 1. The zero-order valence-electron chi connectivity index (χ0n) is 13.1. The summed E-state index contributed by atoms with van der Waals surface area (Å²) in [5, 5.41) is 9.85. The molecule has 8 heteroatoms. The van der Waals surface area contributed by atoms with Crippen molar-refractivity contribution in [1.82, 2.24) is 19.2 Å². The van der Waals surface area contributed by atoms with E-state index in [2.05, 4.69) is 10.2 Å². The lowest BCUT2D eigenvalue weighted by Crippen LogP contribution is -2.20. The van der Waals surface area contributed by atoms with E-state index in [4.69, 9.17) is 27.9 Å². The molecule has 0 aliphatic carbocycles. The third-order valence-corrected chi connectivity index (χ3v) is 4.49. The van der Waals surface area contributed by atoms with Crippen LogP contribution in [0.15, 0.2) is 47.3 Å². The van der Waals surface area contributed by atoms with Gasteiger partial charge in [0, 0.05) is 18.1 Å². The number of halogens is 2. The van der Waals surface area contributed by atoms with E-state index in [0.29, 0.717) is 32.8 Å². The average Bonchev–Trinajstić information content (AvgIpc) is 3.05. The number of aromatic nitrogens is 4. The molecule has 126 valence electrons. The van der Waals surface area contributed by atoms with Gasteiger partial charge in [-0.1, -0.05) is 35.3 Å². The van der Waals surface area contributed by atoms with Gasteiger partial charge in [-0.25, -0.2) is 0 Å². The van der Waals surface area contributed by atoms with E-state index < -0.39 is 0 Å². The van der Waals surface area contributed by atoms with Gasteiger partial charge in [0.2, 0.25) is 5.78 Å². The standard InChI is InChI=1S/C17H12Cl2N4O2/c1-22-16(24)11-4-2-3-5-13(11)23-15(20-21-17(22)23)9-25-14-8-10(18)6-7-12(14)19/h2-8H,9H2,1H3. The topological polar surface area (TPSA) is 61.4 Å². The molecule has 4 aromatic rings. The Morgan fingerprint density at radius 2 is 1.92 bits per heavy atom. The molecule has 0 unspecified atom stereocenters. The number of nitrogens with zero attached hydrogens (tertiary/aromatic N) is 4. The van der Waals surface area contributed by atoms with Crippen molar-refractivity contribution in [2.75, 3.05) is 0 Å². The number of hydrogen-bond acceptors (Lipinski definition) is 4. The highest BCUT2D eigenvalue weighted by Gasteiger charge is 2.15. The zero-order valence-corrected chi connectivity index (χ0v) is 14.6. The van der Waals surface area contributed by atoms with E-state index in [1.807, 2.05) is 18.2 Å². The molecule has 0 fully saturated rings. The summed E-state index contributed by atoms with van der Waals surface area (Å²) in [4.78, 5) is 12.4. The molecule has 0 saturated carbocycles. The molecule has 0 spiro atoms. The number of fused-ring (bicyclic) bond motifs is 3. The van der Waals surface area contributed by atoms with Crippen LogP contribution >= 0.6 is 23.2 Å². The summed E-state index contributed by atoms with van der Waals surface area (Å²) < 4.78 is 9.03. The second-order valence-electron chi connectivity index (χ2n) is 5.50. The average molecular weight is 375 g/mol. The quantitative estimate of drug-likeness (QED) is 0.550. The molecule has 0 radical (unpaired) electrons. The molecule has 0 atom stereocenters. The highest BCUT2D eigenvalue weighted by atomic mass is 35.5. The summed E-state index contributed by atoms with van der Waals surface area (Å²) in [5.74, 6) is 1.46. The molecule has 0 bridgehead atoms. The van der Waals surface area contributed by atoms with Gasteiger partial charge in [-0.05, 0) is 24.3 Å². The Bertz CT molecular complexity index is 1170. The maximum atomic E-state index is 12.4. The SMILES string of the molecule is Cn1c(=O)c2ccccc2n2c(COc3cc(Cl)ccc3Cl)nnc12. The summed E-state index contributed by atoms with van der Waals surface area (Å²) in [6.07, 6.45) is 0. The van der Waals surface area contributed by atoms with Gasteiger partial charge in [0.15, 0.2) is 5.82 Å². The molecular formula is C17H12Cl2N4O2. The molecule has 0 N–H and O–H groups in total. The molecule has 25 heavy (non-hydrogen) atoms. The molecular weight excluding hydrogens is 363 g/mol. The maximum absolute atomic E-state index is 12.4. The minimum atomic E-state index is -0.124. The van der Waals surface area contributed by atoms with Crippen LogP contribution in [-0.2, 0) is 13.7 Å². The fourth-order valence-electron chi connectivity index (χ4n) is 2.72. The van der Waals surface area contributed by atoms with Gasteiger partial charge in [0.05, 0.1) is 15.9 Å². The van der Waals surface area contributed by atoms with Crippen molar-refractivity contribution in [1.29, 1.82) is 0 Å². The van der Waals surface area contributed by atoms with Crippen LogP contribution in [0.3, 0.4) is 0 Å². The summed E-state index contributed by atoms with van der Waals surface area (Å²) in [5.41, 5.74) is 0.599. The number of benzene rings is 2. The summed E-state index contributed by atoms with van der Waals surface area (Å²) in [6.45, 7) is 0.128. The lowest BCUT2D eigenvalue weighted by Gasteiger charge is -2.10. The largest absolute Gasteiger partial charge is 0.484 e. The fourth-order valence-corrected chi connectivity index (χ4v) is 3.05. The smallest absolute Gasteiger partial charge is 0.262 e. The molecule has 0 aliphatic rings. The summed E-state index contributed by atoms with van der Waals surface area (Å²) >= 11 is 12.1. The number of rotatable bonds is 3. The highest BCUT2D eigenvalue weighted by molar-refractivity contribution is 6.34. The van der Waals surface area contributed by atoms with Crippen LogP contribution < -0.4 is 10.3 Å². The minimum absolute atomic E-state index is 0.124. The second kappa shape index (κ2) is 6.06. The monoisotopic (exact) mass is 374 g/mol. The van der Waals surface area contributed by atoms with E-state index in [1.165, 1.54) is 4.57 Å². The van der Waals surface area contributed by atoms with Gasteiger partial charge in [0.1, 0.15) is 12.4 Å². The Kier molecular flexibility index (Phi) is 3.86. The van der Waals surface area contributed by atoms with Crippen molar-refractivity contribution >= 4 is 39.9 Å². The number of ether oxygens (including phenoxy) is 1. The summed E-state index contributed by atoms with van der Waals surface area (Å²) in [7, 11) is 1.66. The molecule has 0 amide bonds. The number of hydrogen-bond donors (Lipinski definition) is 0. The fraction of sp³-hybridized carbons (Fsp3) is 0.118. The Hall–Kier alpha value is -2.57. The highest BCUT2D eigenvalue weighted by Crippen LogP contribution is 2.28. The van der Waals surface area contributed by atoms with E-state index in [0.717, 1.165) is 5.52 Å². The van der Waals surface area contributed by atoms with Gasteiger partial charge in [-0.3, -0.25) is 13.8 Å². The normalized spacial score (nSPS) is 11.3. The van der Waals surface area contributed by atoms with Crippen LogP contribution in [0.25, 0.3) is 16.7 Å². The predicted octanol–water partition coefficient (Wildman–Crippen LogP) is 3.47. The van der Waals surface area contributed by atoms with Gasteiger partial charge in [0.25, 0.3) is 5.56 Å². The van der Waals surface area contributed by atoms with Crippen molar-refractivity contribution in [3.05, 3.63) is 68.7 Å². The van der Waals surface area contributed by atoms with Crippen molar-refractivity contribution < 1.29 is 4.74 Å². The van der Waals surface area contributed by atoms with Crippen LogP contribution in [0, 0.1) is 0 Å². The minimum Gasteiger partial charge on any atom is -0.484 e. The lowest BCUT2D eigenvalue weighted by molar-refractivity contribution is 0.295. The molecule has 0 saturated heterocycles. The van der Waals surface area contributed by atoms with Gasteiger partial charge >= 0.3 is 0 Å². The van der Waals surface area contributed by atoms with Gasteiger partial charge in [-0.15, -0.1) is 10.2 Å². The van der Waals surface area contributed by atoms with Gasteiger partial charge in [-0.2, -0.15) is 0 Å². The van der Waals surface area contributed by atoms with Crippen molar-refractivity contribution in [2.45, 2.75) is 6.61 Å². The molecule has 2 aromatic heterocycles.